The number of carboxylic acids is 1. The summed E-state index contributed by atoms with van der Waals surface area (Å²) in [7, 11) is 0. The smallest absolute Gasteiger partial charge is 0.332 e. The van der Waals surface area contributed by atoms with E-state index in [0.717, 1.165) is 12.2 Å². The van der Waals surface area contributed by atoms with Crippen LogP contribution in [0.1, 0.15) is 12.6 Å². The van der Waals surface area contributed by atoms with Crippen molar-refractivity contribution in [3.05, 3.63) is 18.2 Å². The molecule has 2 N–H and O–H groups in total. The Bertz CT molecular complexity index is 295. The standard InChI is InChI=1S/C8H12N2O3/c1-2-10-5-9-4-6(10)3-7(11)8(12)13/h4-5,7,11H,2-3H2,1H3,(H,12,13)/t7-/m1/s1. The minimum absolute atomic E-state index is 0.100. The molecular formula is C8H12N2O3. The molecule has 0 spiro atoms. The fraction of sp³-hybridized carbons (Fsp3) is 0.500. The molecule has 5 nitrogen and oxygen atoms in total. The third kappa shape index (κ3) is 2.29. The number of imidazole rings is 1. The van der Waals surface area contributed by atoms with E-state index < -0.39 is 12.1 Å². The van der Waals surface area contributed by atoms with E-state index in [0.29, 0.717) is 0 Å². The molecule has 1 heterocycles. The highest BCUT2D eigenvalue weighted by Crippen LogP contribution is 2.03. The van der Waals surface area contributed by atoms with Gasteiger partial charge in [-0.1, -0.05) is 0 Å². The monoisotopic (exact) mass is 184 g/mol. The molecule has 1 atom stereocenters. The van der Waals surface area contributed by atoms with Gasteiger partial charge in [0, 0.05) is 24.9 Å². The fourth-order valence-electron chi connectivity index (χ4n) is 1.09. The van der Waals surface area contributed by atoms with Crippen molar-refractivity contribution in [1.29, 1.82) is 0 Å². The van der Waals surface area contributed by atoms with Gasteiger partial charge >= 0.3 is 5.97 Å². The zero-order valence-electron chi connectivity index (χ0n) is 7.34. The number of hydrogen-bond acceptors (Lipinski definition) is 3. The topological polar surface area (TPSA) is 75.3 Å². The van der Waals surface area contributed by atoms with Crippen molar-refractivity contribution in [3.8, 4) is 0 Å². The quantitative estimate of drug-likeness (QED) is 0.684. The van der Waals surface area contributed by atoms with Crippen LogP contribution in [-0.2, 0) is 17.8 Å². The Morgan fingerprint density at radius 3 is 3.00 bits per heavy atom. The summed E-state index contributed by atoms with van der Waals surface area (Å²) in [5, 5.41) is 17.5. The van der Waals surface area contributed by atoms with E-state index in [1.807, 2.05) is 6.92 Å². The molecule has 1 aromatic heterocycles. The first-order chi connectivity index (χ1) is 6.15. The van der Waals surface area contributed by atoms with Crippen molar-refractivity contribution in [2.24, 2.45) is 0 Å². The highest BCUT2D eigenvalue weighted by molar-refractivity contribution is 5.72. The third-order valence-electron chi connectivity index (χ3n) is 1.83. The summed E-state index contributed by atoms with van der Waals surface area (Å²) in [6.45, 7) is 2.65. The summed E-state index contributed by atoms with van der Waals surface area (Å²) < 4.78 is 1.80. The maximum absolute atomic E-state index is 10.3. The van der Waals surface area contributed by atoms with Crippen molar-refractivity contribution < 1.29 is 15.0 Å². The molecule has 1 rings (SSSR count). The third-order valence-corrected chi connectivity index (χ3v) is 1.83. The number of rotatable bonds is 4. The summed E-state index contributed by atoms with van der Waals surface area (Å²) in [4.78, 5) is 14.2. The van der Waals surface area contributed by atoms with Crippen LogP contribution in [0.5, 0.6) is 0 Å². The summed E-state index contributed by atoms with van der Waals surface area (Å²) in [5.41, 5.74) is 0.734. The number of nitrogens with zero attached hydrogens (tertiary/aromatic N) is 2. The van der Waals surface area contributed by atoms with Crippen molar-refractivity contribution in [3.63, 3.8) is 0 Å². The number of aromatic nitrogens is 2. The number of carboxylic acid groups (broad SMARTS) is 1. The molecule has 0 aliphatic carbocycles. The molecule has 0 aromatic carbocycles. The molecule has 0 unspecified atom stereocenters. The van der Waals surface area contributed by atoms with Gasteiger partial charge in [-0.2, -0.15) is 0 Å². The van der Waals surface area contributed by atoms with Crippen LogP contribution in [0.3, 0.4) is 0 Å². The largest absolute Gasteiger partial charge is 0.479 e. The van der Waals surface area contributed by atoms with Gasteiger partial charge in [0.1, 0.15) is 0 Å². The second kappa shape index (κ2) is 4.04. The van der Waals surface area contributed by atoms with Gasteiger partial charge in [-0.05, 0) is 6.92 Å². The van der Waals surface area contributed by atoms with E-state index in [-0.39, 0.29) is 6.42 Å². The van der Waals surface area contributed by atoms with E-state index in [2.05, 4.69) is 4.98 Å². The van der Waals surface area contributed by atoms with E-state index >= 15 is 0 Å². The van der Waals surface area contributed by atoms with E-state index in [1.165, 1.54) is 0 Å². The number of aliphatic hydroxyl groups is 1. The normalized spacial score (nSPS) is 12.8. The molecule has 5 heteroatoms. The first-order valence-corrected chi connectivity index (χ1v) is 4.05. The van der Waals surface area contributed by atoms with Crippen LogP contribution in [0.25, 0.3) is 0 Å². The van der Waals surface area contributed by atoms with Crippen LogP contribution in [0.4, 0.5) is 0 Å². The highest BCUT2D eigenvalue weighted by atomic mass is 16.4. The first kappa shape index (κ1) is 9.73. The van der Waals surface area contributed by atoms with E-state index in [9.17, 15) is 4.79 Å². The SMILES string of the molecule is CCn1cncc1C[C@@H](O)C(=O)O. The van der Waals surface area contributed by atoms with Gasteiger partial charge in [0.05, 0.1) is 6.33 Å². The predicted octanol–water partition coefficient (Wildman–Crippen LogP) is -0.109. The van der Waals surface area contributed by atoms with Gasteiger partial charge in [0.2, 0.25) is 0 Å². The lowest BCUT2D eigenvalue weighted by Gasteiger charge is -2.06. The number of carbonyl (C=O) groups is 1. The van der Waals surface area contributed by atoms with Crippen LogP contribution in [0.15, 0.2) is 12.5 Å². The van der Waals surface area contributed by atoms with Gasteiger partial charge in [-0.25, -0.2) is 9.78 Å². The Kier molecular flexibility index (Phi) is 3.02. The lowest BCUT2D eigenvalue weighted by molar-refractivity contribution is -0.146. The molecule has 0 aliphatic rings. The van der Waals surface area contributed by atoms with Crippen LogP contribution in [0.2, 0.25) is 0 Å². The first-order valence-electron chi connectivity index (χ1n) is 4.05. The number of aliphatic carboxylic acids is 1. The lowest BCUT2D eigenvalue weighted by atomic mass is 10.2. The average molecular weight is 184 g/mol. The summed E-state index contributed by atoms with van der Waals surface area (Å²) in [6.07, 6.45) is 1.94. The minimum atomic E-state index is -1.35. The Balaban J connectivity index is 2.68. The van der Waals surface area contributed by atoms with Crippen molar-refractivity contribution in [1.82, 2.24) is 9.55 Å². The van der Waals surface area contributed by atoms with Crippen LogP contribution in [-0.4, -0.2) is 31.8 Å². The zero-order valence-corrected chi connectivity index (χ0v) is 7.34. The molecule has 0 amide bonds. The van der Waals surface area contributed by atoms with Crippen LogP contribution < -0.4 is 0 Å². The Labute approximate surface area is 75.6 Å². The molecule has 0 aliphatic heterocycles. The predicted molar refractivity (Wildman–Crippen MR) is 45.2 cm³/mol. The van der Waals surface area contributed by atoms with Crippen molar-refractivity contribution in [2.75, 3.05) is 0 Å². The lowest BCUT2D eigenvalue weighted by Crippen LogP contribution is -2.23. The molecule has 0 saturated carbocycles. The fourth-order valence-corrected chi connectivity index (χ4v) is 1.09. The Morgan fingerprint density at radius 1 is 1.77 bits per heavy atom. The van der Waals surface area contributed by atoms with Gasteiger partial charge in [0.15, 0.2) is 6.10 Å². The van der Waals surface area contributed by atoms with Crippen LogP contribution >= 0.6 is 0 Å². The molecule has 0 radical (unpaired) electrons. The molecule has 0 fully saturated rings. The maximum Gasteiger partial charge on any atom is 0.332 e. The van der Waals surface area contributed by atoms with E-state index in [4.69, 9.17) is 10.2 Å². The number of aryl methyl sites for hydroxylation is 1. The summed E-state index contributed by atoms with van der Waals surface area (Å²) >= 11 is 0. The summed E-state index contributed by atoms with van der Waals surface area (Å²) in [6, 6.07) is 0. The maximum atomic E-state index is 10.3. The van der Waals surface area contributed by atoms with Gasteiger partial charge in [-0.15, -0.1) is 0 Å². The van der Waals surface area contributed by atoms with Crippen molar-refractivity contribution >= 4 is 5.97 Å². The Morgan fingerprint density at radius 2 is 2.46 bits per heavy atom. The summed E-state index contributed by atoms with van der Waals surface area (Å²) in [5.74, 6) is -1.20. The van der Waals surface area contributed by atoms with Gasteiger partial charge < -0.3 is 14.8 Å². The van der Waals surface area contributed by atoms with Gasteiger partial charge in [0.25, 0.3) is 0 Å². The minimum Gasteiger partial charge on any atom is -0.479 e. The van der Waals surface area contributed by atoms with Gasteiger partial charge in [-0.3, -0.25) is 0 Å². The number of hydrogen-bond donors (Lipinski definition) is 2. The second-order valence-corrected chi connectivity index (χ2v) is 2.73. The molecule has 1 aromatic rings. The molecule has 72 valence electrons. The second-order valence-electron chi connectivity index (χ2n) is 2.73. The zero-order chi connectivity index (χ0) is 9.84. The molecule has 0 bridgehead atoms. The van der Waals surface area contributed by atoms with Crippen LogP contribution in [0, 0.1) is 0 Å². The molecular weight excluding hydrogens is 172 g/mol. The Hall–Kier alpha value is -1.36. The van der Waals surface area contributed by atoms with Crippen molar-refractivity contribution in [2.45, 2.75) is 26.0 Å². The van der Waals surface area contributed by atoms with E-state index in [1.54, 1.807) is 17.1 Å². The molecule has 13 heavy (non-hydrogen) atoms. The number of aliphatic hydroxyl groups excluding tert-OH is 1. The molecule has 0 saturated heterocycles. The average Bonchev–Trinajstić information content (AvgIpc) is 2.51. The highest BCUT2D eigenvalue weighted by Gasteiger charge is 2.15.